The lowest BCUT2D eigenvalue weighted by molar-refractivity contribution is 0.198. The number of pyridine rings is 1. The zero-order valence-electron chi connectivity index (χ0n) is 27.1. The number of hydrogen-bond acceptors (Lipinski definition) is 11. The number of sulfone groups is 1. The number of ether oxygens (including phenoxy) is 3. The van der Waals surface area contributed by atoms with Gasteiger partial charge in [0.05, 0.1) is 38.1 Å². The number of methoxy groups -OCH3 is 3. The number of anilines is 1. The summed E-state index contributed by atoms with van der Waals surface area (Å²) in [6.45, 7) is 6.17. The zero-order chi connectivity index (χ0) is 34.7. The Morgan fingerprint density at radius 3 is 2.15 bits per heavy atom. The molecule has 0 radical (unpaired) electrons. The van der Waals surface area contributed by atoms with Crippen LogP contribution in [-0.4, -0.2) is 89.6 Å². The lowest BCUT2D eigenvalue weighted by atomic mass is 10.1. The molecule has 0 saturated heterocycles. The van der Waals surface area contributed by atoms with Gasteiger partial charge in [-0.2, -0.15) is 0 Å². The predicted molar refractivity (Wildman–Crippen MR) is 178 cm³/mol. The van der Waals surface area contributed by atoms with Gasteiger partial charge in [0.2, 0.25) is 21.9 Å². The van der Waals surface area contributed by atoms with E-state index in [4.69, 9.17) is 14.2 Å². The average Bonchev–Trinajstić information content (AvgIpc) is 3.43. The Morgan fingerprint density at radius 1 is 0.936 bits per heavy atom. The van der Waals surface area contributed by atoms with Crippen molar-refractivity contribution in [1.29, 1.82) is 0 Å². The number of para-hydroxylation sites is 1. The van der Waals surface area contributed by atoms with E-state index < -0.39 is 50.5 Å². The molecule has 47 heavy (non-hydrogen) atoms. The molecule has 1 atom stereocenters. The van der Waals surface area contributed by atoms with Crippen LogP contribution in [0.1, 0.15) is 11.7 Å². The molecule has 0 spiro atoms. The van der Waals surface area contributed by atoms with Gasteiger partial charge in [-0.3, -0.25) is 4.57 Å². The molecule has 254 valence electrons. The van der Waals surface area contributed by atoms with Gasteiger partial charge in [-0.05, 0) is 36.4 Å². The fourth-order valence-electron chi connectivity index (χ4n) is 4.80. The molecule has 0 aliphatic rings. The third kappa shape index (κ3) is 8.09. The summed E-state index contributed by atoms with van der Waals surface area (Å²) in [5, 5.41) is 19.9. The quantitative estimate of drug-likeness (QED) is 0.188. The molecule has 0 amide bonds. The number of hydrogen-bond donors (Lipinski definition) is 1. The monoisotopic (exact) mass is 707 g/mol. The zero-order valence-corrected chi connectivity index (χ0v) is 29.8. The van der Waals surface area contributed by atoms with Gasteiger partial charge in [0, 0.05) is 32.5 Å². The van der Waals surface area contributed by atoms with Crippen molar-refractivity contribution in [2.75, 3.05) is 44.2 Å². The smallest absolute Gasteiger partial charge is 0.246 e. The number of sulfonamides is 1. The molecule has 2 aromatic heterocycles. The number of aliphatic hydroxyl groups excluding tert-OH is 1. The third-order valence-electron chi connectivity index (χ3n) is 7.16. The average molecular weight is 708 g/mol. The van der Waals surface area contributed by atoms with E-state index in [2.05, 4.69) is 34.8 Å². The highest BCUT2D eigenvalue weighted by atomic mass is 32.2. The molecule has 0 fully saturated rings. The SMILES string of the molecule is COc1cccc(-c2nnc(N(CC[Si](C)(C)C)S(=O)(=O)CC(O)c3ccc(F)cc3S(C)(=O)=O)n2-c2c(OC)cccc2OC)n1. The molecule has 0 saturated carbocycles. The van der Waals surface area contributed by atoms with Crippen molar-refractivity contribution in [1.82, 2.24) is 19.7 Å². The number of aromatic nitrogens is 4. The van der Waals surface area contributed by atoms with Gasteiger partial charge in [-0.1, -0.05) is 37.8 Å². The van der Waals surface area contributed by atoms with Gasteiger partial charge in [-0.25, -0.2) is 30.5 Å². The van der Waals surface area contributed by atoms with Crippen LogP contribution in [0.15, 0.2) is 59.5 Å². The predicted octanol–water partition coefficient (Wildman–Crippen LogP) is 4.11. The number of aliphatic hydroxyl groups is 1. The summed E-state index contributed by atoms with van der Waals surface area (Å²) in [5.74, 6) is -0.928. The fraction of sp³-hybridized carbons (Fsp3) is 0.367. The Morgan fingerprint density at radius 2 is 1.57 bits per heavy atom. The van der Waals surface area contributed by atoms with Crippen molar-refractivity contribution in [3.63, 3.8) is 0 Å². The van der Waals surface area contributed by atoms with E-state index in [0.717, 1.165) is 28.8 Å². The standard InChI is InChI=1S/C30H38FN5O8S2Si/c1-42-24-11-9-12-25(43-2)28(24)36-29(22-10-8-13-27(32-22)44-3)33-34-30(36)35(16-17-47(5,6)7)46(40,41)19-23(37)21-15-14-20(31)18-26(21)45(4,38)39/h8-15,18,23,37H,16-17,19H2,1-7H3. The second-order valence-corrected chi connectivity index (χ2v) is 21.4. The largest absolute Gasteiger partial charge is 0.494 e. The third-order valence-corrected chi connectivity index (χ3v) is 11.8. The molecule has 13 nitrogen and oxygen atoms in total. The second kappa shape index (κ2) is 14.0. The lowest BCUT2D eigenvalue weighted by Crippen LogP contribution is -2.40. The van der Waals surface area contributed by atoms with Crippen molar-refractivity contribution >= 4 is 33.9 Å². The number of rotatable bonds is 14. The first kappa shape index (κ1) is 35.8. The van der Waals surface area contributed by atoms with Crippen molar-refractivity contribution in [2.24, 2.45) is 0 Å². The molecule has 2 aromatic carbocycles. The molecular formula is C30H38FN5O8S2Si. The molecule has 1 N–H and O–H groups in total. The van der Waals surface area contributed by atoms with Crippen LogP contribution in [0, 0.1) is 5.82 Å². The van der Waals surface area contributed by atoms with Crippen LogP contribution in [0.25, 0.3) is 17.2 Å². The Kier molecular flexibility index (Phi) is 10.6. The van der Waals surface area contributed by atoms with Gasteiger partial charge in [0.1, 0.15) is 28.7 Å². The molecule has 0 bridgehead atoms. The Bertz CT molecular complexity index is 1940. The summed E-state index contributed by atoms with van der Waals surface area (Å²) in [6.07, 6.45) is -0.985. The van der Waals surface area contributed by atoms with E-state index in [1.165, 1.54) is 25.9 Å². The lowest BCUT2D eigenvalue weighted by Gasteiger charge is -2.28. The molecule has 4 aromatic rings. The van der Waals surface area contributed by atoms with E-state index in [1.807, 2.05) is 0 Å². The van der Waals surface area contributed by atoms with Gasteiger partial charge < -0.3 is 19.3 Å². The normalized spacial score (nSPS) is 12.9. The van der Waals surface area contributed by atoms with E-state index in [9.17, 15) is 26.3 Å². The molecule has 0 aliphatic heterocycles. The van der Waals surface area contributed by atoms with E-state index in [1.54, 1.807) is 36.4 Å². The number of nitrogens with zero attached hydrogens (tertiary/aromatic N) is 5. The minimum absolute atomic E-state index is 0.0474. The Hall–Kier alpha value is -4.06. The van der Waals surface area contributed by atoms with Gasteiger partial charge in [-0.15, -0.1) is 10.2 Å². The van der Waals surface area contributed by atoms with E-state index in [0.29, 0.717) is 23.2 Å². The van der Waals surface area contributed by atoms with Crippen LogP contribution in [0.5, 0.6) is 17.4 Å². The molecular weight excluding hydrogens is 670 g/mol. The second-order valence-electron chi connectivity index (χ2n) is 11.9. The van der Waals surface area contributed by atoms with Gasteiger partial charge >= 0.3 is 0 Å². The van der Waals surface area contributed by atoms with Crippen LogP contribution in [0.2, 0.25) is 25.7 Å². The maximum absolute atomic E-state index is 14.4. The minimum atomic E-state index is -4.50. The van der Waals surface area contributed by atoms with Crippen molar-refractivity contribution in [2.45, 2.75) is 36.7 Å². The molecule has 1 unspecified atom stereocenters. The summed E-state index contributed by atoms with van der Waals surface area (Å²) in [4.78, 5) is 3.98. The van der Waals surface area contributed by atoms with Crippen LogP contribution >= 0.6 is 0 Å². The number of halogens is 1. The summed E-state index contributed by atoms with van der Waals surface area (Å²) >= 11 is 0. The first-order valence-electron chi connectivity index (χ1n) is 14.4. The minimum Gasteiger partial charge on any atom is -0.494 e. The maximum Gasteiger partial charge on any atom is 0.246 e. The van der Waals surface area contributed by atoms with Crippen molar-refractivity contribution in [3.05, 3.63) is 66.0 Å². The topological polar surface area (TPSA) is 163 Å². The van der Waals surface area contributed by atoms with E-state index >= 15 is 0 Å². The van der Waals surface area contributed by atoms with Crippen LogP contribution in [0.4, 0.5) is 10.3 Å². The van der Waals surface area contributed by atoms with Crippen molar-refractivity contribution in [3.8, 4) is 34.6 Å². The summed E-state index contributed by atoms with van der Waals surface area (Å²) < 4.78 is 86.8. The molecule has 0 aliphatic carbocycles. The fourth-order valence-corrected chi connectivity index (χ4v) is 8.31. The van der Waals surface area contributed by atoms with Crippen molar-refractivity contribution < 1.29 is 40.5 Å². The highest BCUT2D eigenvalue weighted by Gasteiger charge is 2.35. The maximum atomic E-state index is 14.4. The summed E-state index contributed by atoms with van der Waals surface area (Å²) in [5.41, 5.74) is 0.322. The summed E-state index contributed by atoms with van der Waals surface area (Å²) in [6, 6.07) is 13.3. The highest BCUT2D eigenvalue weighted by molar-refractivity contribution is 7.92. The molecule has 2 heterocycles. The van der Waals surface area contributed by atoms with Crippen LogP contribution in [-0.2, 0) is 19.9 Å². The Labute approximate surface area is 274 Å². The summed E-state index contributed by atoms with van der Waals surface area (Å²) in [7, 11) is -6.08. The number of benzene rings is 2. The first-order valence-corrected chi connectivity index (χ1v) is 21.6. The molecule has 4 rings (SSSR count). The van der Waals surface area contributed by atoms with Crippen LogP contribution in [0.3, 0.4) is 0 Å². The van der Waals surface area contributed by atoms with Gasteiger partial charge in [0.15, 0.2) is 15.7 Å². The van der Waals surface area contributed by atoms with E-state index in [-0.39, 0.29) is 35.4 Å². The Balaban J connectivity index is 1.98. The first-order chi connectivity index (χ1) is 22.0. The highest BCUT2D eigenvalue weighted by Crippen LogP contribution is 2.39. The van der Waals surface area contributed by atoms with Crippen LogP contribution < -0.4 is 18.5 Å². The van der Waals surface area contributed by atoms with Gasteiger partial charge in [0.25, 0.3) is 0 Å². The molecule has 17 heteroatoms.